The highest BCUT2D eigenvalue weighted by molar-refractivity contribution is 6.07. The molecule has 1 heterocycles. The second kappa shape index (κ2) is 9.52. The highest BCUT2D eigenvalue weighted by atomic mass is 16.5. The summed E-state index contributed by atoms with van der Waals surface area (Å²) in [6, 6.07) is 17.8. The number of amides is 1. The van der Waals surface area contributed by atoms with Crippen LogP contribution in [-0.4, -0.2) is 36.1 Å². The summed E-state index contributed by atoms with van der Waals surface area (Å²) in [5, 5.41) is 5.91. The molecule has 0 aliphatic rings. The van der Waals surface area contributed by atoms with Gasteiger partial charge in [-0.1, -0.05) is 18.2 Å². The average molecular weight is 444 g/mol. The number of carbonyl (C=O) groups is 1. The molecule has 0 aliphatic heterocycles. The SMILES string of the molecule is CCN(CC)c1cc2nc(-c3ccccc3OC)[nH]c2cc1NC(=O)c1cccc(N=O)c1. The Bertz CT molecular complexity index is 1310. The number of benzene rings is 3. The molecule has 0 unspecified atom stereocenters. The summed E-state index contributed by atoms with van der Waals surface area (Å²) < 4.78 is 5.48. The largest absolute Gasteiger partial charge is 0.496 e. The highest BCUT2D eigenvalue weighted by Crippen LogP contribution is 2.34. The molecule has 4 rings (SSSR count). The van der Waals surface area contributed by atoms with Crippen LogP contribution in [0.2, 0.25) is 0 Å². The molecule has 0 bridgehead atoms. The molecule has 0 radical (unpaired) electrons. The quantitative estimate of drug-likeness (QED) is 0.339. The van der Waals surface area contributed by atoms with Crippen molar-refractivity contribution in [1.29, 1.82) is 0 Å². The number of H-pyrrole nitrogens is 1. The van der Waals surface area contributed by atoms with Crippen LogP contribution in [0.3, 0.4) is 0 Å². The number of aromatic nitrogens is 2. The molecule has 1 amide bonds. The topological polar surface area (TPSA) is 99.7 Å². The highest BCUT2D eigenvalue weighted by Gasteiger charge is 2.17. The predicted octanol–water partition coefficient (Wildman–Crippen LogP) is 5.73. The summed E-state index contributed by atoms with van der Waals surface area (Å²) in [4.78, 5) is 34.1. The molecule has 33 heavy (non-hydrogen) atoms. The molecular formula is C25H25N5O3. The van der Waals surface area contributed by atoms with Gasteiger partial charge >= 0.3 is 0 Å². The number of rotatable bonds is 8. The number of nitroso groups, excluding NO2 is 1. The Morgan fingerprint density at radius 2 is 1.88 bits per heavy atom. The number of ether oxygens (including phenoxy) is 1. The third-order valence-electron chi connectivity index (χ3n) is 5.53. The molecule has 0 saturated heterocycles. The van der Waals surface area contributed by atoms with Crippen LogP contribution in [0.5, 0.6) is 5.75 Å². The fourth-order valence-corrected chi connectivity index (χ4v) is 3.84. The van der Waals surface area contributed by atoms with E-state index < -0.39 is 0 Å². The number of hydrogen-bond acceptors (Lipinski definition) is 6. The number of methoxy groups -OCH3 is 1. The van der Waals surface area contributed by atoms with E-state index in [4.69, 9.17) is 9.72 Å². The van der Waals surface area contributed by atoms with Gasteiger partial charge in [-0.15, -0.1) is 4.91 Å². The Hall–Kier alpha value is -4.20. The van der Waals surface area contributed by atoms with E-state index in [2.05, 4.69) is 34.2 Å². The van der Waals surface area contributed by atoms with E-state index >= 15 is 0 Å². The van der Waals surface area contributed by atoms with E-state index in [9.17, 15) is 9.70 Å². The molecule has 3 aromatic carbocycles. The summed E-state index contributed by atoms with van der Waals surface area (Å²) in [5.41, 5.74) is 4.49. The van der Waals surface area contributed by atoms with Gasteiger partial charge in [-0.05, 0) is 61.5 Å². The van der Waals surface area contributed by atoms with Crippen LogP contribution in [0.15, 0.2) is 65.8 Å². The van der Waals surface area contributed by atoms with Crippen LogP contribution in [0, 0.1) is 4.91 Å². The zero-order valence-corrected chi connectivity index (χ0v) is 18.8. The van der Waals surface area contributed by atoms with Gasteiger partial charge in [0.15, 0.2) is 0 Å². The standard InChI is InChI=1S/C25H25N5O3/c1-4-30(5-2)22-15-20-19(26-24(27-20)18-11-6-7-12-23(18)33-3)14-21(22)28-25(31)16-9-8-10-17(13-16)29-32/h6-15H,4-5H2,1-3H3,(H,26,27)(H,28,31). The maximum Gasteiger partial charge on any atom is 0.255 e. The van der Waals surface area contributed by atoms with Crippen molar-refractivity contribution in [2.24, 2.45) is 5.18 Å². The second-order valence-electron chi connectivity index (χ2n) is 7.44. The lowest BCUT2D eigenvalue weighted by molar-refractivity contribution is 0.102. The normalized spacial score (nSPS) is 10.8. The lowest BCUT2D eigenvalue weighted by Gasteiger charge is -2.24. The second-order valence-corrected chi connectivity index (χ2v) is 7.44. The molecule has 0 fully saturated rings. The molecule has 0 spiro atoms. The number of carbonyl (C=O) groups excluding carboxylic acids is 1. The molecule has 0 aliphatic carbocycles. The van der Waals surface area contributed by atoms with Crippen LogP contribution >= 0.6 is 0 Å². The summed E-state index contributed by atoms with van der Waals surface area (Å²) in [6.07, 6.45) is 0. The van der Waals surface area contributed by atoms with Gasteiger partial charge < -0.3 is 19.9 Å². The zero-order chi connectivity index (χ0) is 23.4. The number of nitrogens with zero attached hydrogens (tertiary/aromatic N) is 3. The Balaban J connectivity index is 1.79. The van der Waals surface area contributed by atoms with Crippen LogP contribution < -0.4 is 15.0 Å². The van der Waals surface area contributed by atoms with Gasteiger partial charge in [0.25, 0.3) is 5.91 Å². The Morgan fingerprint density at radius 3 is 2.61 bits per heavy atom. The van der Waals surface area contributed by atoms with E-state index in [0.717, 1.165) is 41.1 Å². The first-order valence-corrected chi connectivity index (χ1v) is 10.7. The van der Waals surface area contributed by atoms with Crippen LogP contribution in [0.1, 0.15) is 24.2 Å². The predicted molar refractivity (Wildman–Crippen MR) is 131 cm³/mol. The Labute approximate surface area is 191 Å². The molecule has 1 aromatic heterocycles. The smallest absolute Gasteiger partial charge is 0.255 e. The number of fused-ring (bicyclic) bond motifs is 1. The first-order chi connectivity index (χ1) is 16.1. The fraction of sp³-hybridized carbons (Fsp3) is 0.200. The summed E-state index contributed by atoms with van der Waals surface area (Å²) in [7, 11) is 1.63. The van der Waals surface area contributed by atoms with Gasteiger partial charge in [0, 0.05) is 18.7 Å². The van der Waals surface area contributed by atoms with E-state index in [1.165, 1.54) is 6.07 Å². The maximum absolute atomic E-state index is 13.0. The zero-order valence-electron chi connectivity index (χ0n) is 18.8. The number of anilines is 2. The third kappa shape index (κ3) is 4.41. The molecule has 4 aromatic rings. The molecule has 168 valence electrons. The lowest BCUT2D eigenvalue weighted by Crippen LogP contribution is -2.24. The monoisotopic (exact) mass is 443 g/mol. The van der Waals surface area contributed by atoms with E-state index in [-0.39, 0.29) is 11.6 Å². The number of nitrogens with one attached hydrogen (secondary N) is 2. The van der Waals surface area contributed by atoms with Crippen LogP contribution in [0.25, 0.3) is 22.4 Å². The molecule has 8 nitrogen and oxygen atoms in total. The van der Waals surface area contributed by atoms with Crippen molar-refractivity contribution in [3.05, 3.63) is 71.1 Å². The van der Waals surface area contributed by atoms with E-state index in [1.807, 2.05) is 36.4 Å². The summed E-state index contributed by atoms with van der Waals surface area (Å²) >= 11 is 0. The lowest BCUT2D eigenvalue weighted by atomic mass is 10.1. The van der Waals surface area contributed by atoms with Crippen LogP contribution in [-0.2, 0) is 0 Å². The van der Waals surface area contributed by atoms with Crippen molar-refractivity contribution in [3.8, 4) is 17.1 Å². The van der Waals surface area contributed by atoms with Crippen molar-refractivity contribution in [2.45, 2.75) is 13.8 Å². The minimum atomic E-state index is -0.322. The molecule has 0 saturated carbocycles. The van der Waals surface area contributed by atoms with Gasteiger partial charge in [0.05, 0.1) is 35.1 Å². The Morgan fingerprint density at radius 1 is 1.09 bits per heavy atom. The number of aromatic amines is 1. The number of para-hydroxylation sites is 1. The molecule has 8 heteroatoms. The average Bonchev–Trinajstić information content (AvgIpc) is 3.27. The minimum Gasteiger partial charge on any atom is -0.496 e. The number of imidazole rings is 1. The van der Waals surface area contributed by atoms with Gasteiger partial charge in [-0.25, -0.2) is 4.98 Å². The summed E-state index contributed by atoms with van der Waals surface area (Å²) in [5.74, 6) is 1.08. The first-order valence-electron chi connectivity index (χ1n) is 10.7. The molecule has 2 N–H and O–H groups in total. The molecular weight excluding hydrogens is 418 g/mol. The van der Waals surface area contributed by atoms with Crippen molar-refractivity contribution in [2.75, 3.05) is 30.4 Å². The van der Waals surface area contributed by atoms with Gasteiger partial charge in [0.2, 0.25) is 0 Å². The number of hydrogen-bond donors (Lipinski definition) is 2. The third-order valence-corrected chi connectivity index (χ3v) is 5.53. The fourth-order valence-electron chi connectivity index (χ4n) is 3.84. The van der Waals surface area contributed by atoms with Crippen LogP contribution in [0.4, 0.5) is 17.1 Å². The van der Waals surface area contributed by atoms with Crippen molar-refractivity contribution >= 4 is 34.0 Å². The van der Waals surface area contributed by atoms with Crippen molar-refractivity contribution in [1.82, 2.24) is 9.97 Å². The first kappa shape index (κ1) is 22.0. The van der Waals surface area contributed by atoms with E-state index in [0.29, 0.717) is 17.1 Å². The van der Waals surface area contributed by atoms with Crippen molar-refractivity contribution < 1.29 is 9.53 Å². The van der Waals surface area contributed by atoms with E-state index in [1.54, 1.807) is 25.3 Å². The Kier molecular flexibility index (Phi) is 6.35. The van der Waals surface area contributed by atoms with Gasteiger partial charge in [-0.2, -0.15) is 0 Å². The minimum absolute atomic E-state index is 0.206. The van der Waals surface area contributed by atoms with Gasteiger partial charge in [-0.3, -0.25) is 4.79 Å². The summed E-state index contributed by atoms with van der Waals surface area (Å²) in [6.45, 7) is 5.64. The molecule has 0 atom stereocenters. The maximum atomic E-state index is 13.0. The van der Waals surface area contributed by atoms with Gasteiger partial charge in [0.1, 0.15) is 17.3 Å². The van der Waals surface area contributed by atoms with Crippen molar-refractivity contribution in [3.63, 3.8) is 0 Å².